The number of imidazole rings is 1. The molecule has 0 saturated heterocycles. The van der Waals surface area contributed by atoms with Crippen molar-refractivity contribution in [3.63, 3.8) is 0 Å². The second-order valence-corrected chi connectivity index (χ2v) is 6.22. The van der Waals surface area contributed by atoms with E-state index in [2.05, 4.69) is 29.2 Å². The van der Waals surface area contributed by atoms with Gasteiger partial charge in [-0.3, -0.25) is 0 Å². The second-order valence-electron chi connectivity index (χ2n) is 6.22. The summed E-state index contributed by atoms with van der Waals surface area (Å²) >= 11 is 0. The number of fused-ring (bicyclic) bond motifs is 1. The molecule has 0 aliphatic carbocycles. The molecule has 0 amide bonds. The molecular formula is C22H19FN2O. The van der Waals surface area contributed by atoms with Gasteiger partial charge in [-0.1, -0.05) is 60.7 Å². The minimum absolute atomic E-state index is 0.213. The normalized spacial score (nSPS) is 12.3. The summed E-state index contributed by atoms with van der Waals surface area (Å²) < 4.78 is 22.1. The van der Waals surface area contributed by atoms with Gasteiger partial charge in [0.25, 0.3) is 0 Å². The highest BCUT2D eigenvalue weighted by atomic mass is 19.1. The first-order chi connectivity index (χ1) is 12.8. The predicted octanol–water partition coefficient (Wildman–Crippen LogP) is 5.13. The highest BCUT2D eigenvalue weighted by molar-refractivity contribution is 5.85. The van der Waals surface area contributed by atoms with Crippen LogP contribution in [0.25, 0.3) is 10.8 Å². The Morgan fingerprint density at radius 2 is 1.77 bits per heavy atom. The average molecular weight is 346 g/mol. The quantitative estimate of drug-likeness (QED) is 0.484. The van der Waals surface area contributed by atoms with Crippen molar-refractivity contribution in [2.75, 3.05) is 0 Å². The number of rotatable bonds is 6. The molecular weight excluding hydrogens is 327 g/mol. The van der Waals surface area contributed by atoms with Crippen LogP contribution < -0.4 is 0 Å². The summed E-state index contributed by atoms with van der Waals surface area (Å²) in [5, 5.41) is 2.31. The molecule has 4 rings (SSSR count). The van der Waals surface area contributed by atoms with Crippen molar-refractivity contribution in [2.45, 2.75) is 19.3 Å². The lowest BCUT2D eigenvalue weighted by molar-refractivity contribution is 0.0275. The molecule has 0 spiro atoms. The molecule has 130 valence electrons. The van der Waals surface area contributed by atoms with Crippen molar-refractivity contribution < 1.29 is 9.13 Å². The summed E-state index contributed by atoms with van der Waals surface area (Å²) in [6.45, 7) is 0.831. The number of nitrogens with zero attached hydrogens (tertiary/aromatic N) is 2. The van der Waals surface area contributed by atoms with E-state index in [0.717, 1.165) is 16.3 Å². The lowest BCUT2D eigenvalue weighted by Gasteiger charge is -2.21. The third-order valence-corrected chi connectivity index (χ3v) is 4.50. The Morgan fingerprint density at radius 1 is 0.962 bits per heavy atom. The van der Waals surface area contributed by atoms with Crippen LogP contribution in [-0.4, -0.2) is 9.55 Å². The van der Waals surface area contributed by atoms with Crippen LogP contribution in [0.5, 0.6) is 0 Å². The monoisotopic (exact) mass is 346 g/mol. The molecule has 3 nitrogen and oxygen atoms in total. The summed E-state index contributed by atoms with van der Waals surface area (Å²) in [4.78, 5) is 4.11. The van der Waals surface area contributed by atoms with Crippen LogP contribution in [0.4, 0.5) is 4.39 Å². The summed E-state index contributed by atoms with van der Waals surface area (Å²) in [5.41, 5.74) is 1.65. The number of halogens is 1. The smallest absolute Gasteiger partial charge is 0.128 e. The first-order valence-electron chi connectivity index (χ1n) is 8.59. The molecule has 0 saturated carbocycles. The van der Waals surface area contributed by atoms with Gasteiger partial charge in [0.1, 0.15) is 11.9 Å². The van der Waals surface area contributed by atoms with Gasteiger partial charge in [0, 0.05) is 18.0 Å². The molecule has 0 aliphatic heterocycles. The van der Waals surface area contributed by atoms with Crippen molar-refractivity contribution in [1.29, 1.82) is 0 Å². The van der Waals surface area contributed by atoms with Crippen LogP contribution in [0, 0.1) is 5.82 Å². The van der Waals surface area contributed by atoms with E-state index >= 15 is 0 Å². The zero-order chi connectivity index (χ0) is 17.8. The van der Waals surface area contributed by atoms with Crippen LogP contribution in [-0.2, 0) is 17.9 Å². The Balaban J connectivity index is 1.67. The lowest BCUT2D eigenvalue weighted by Crippen LogP contribution is -2.13. The Kier molecular flexibility index (Phi) is 4.75. The topological polar surface area (TPSA) is 27.1 Å². The van der Waals surface area contributed by atoms with E-state index in [1.54, 1.807) is 24.7 Å². The maximum Gasteiger partial charge on any atom is 0.128 e. The number of benzene rings is 3. The standard InChI is InChI=1S/C22H19FN2O/c23-21-11-4-2-7-18(21)15-26-22(14-25-13-12-24-16-25)20-10-5-8-17-6-1-3-9-19(17)20/h1-13,16,22H,14-15H2. The number of hydrogen-bond donors (Lipinski definition) is 0. The van der Waals surface area contributed by atoms with Gasteiger partial charge in [0.05, 0.1) is 19.5 Å². The van der Waals surface area contributed by atoms with Crippen molar-refractivity contribution in [2.24, 2.45) is 0 Å². The Hall–Kier alpha value is -2.98. The molecule has 4 aromatic rings. The van der Waals surface area contributed by atoms with Crippen molar-refractivity contribution in [3.8, 4) is 0 Å². The lowest BCUT2D eigenvalue weighted by atomic mass is 10.00. The fraction of sp³-hybridized carbons (Fsp3) is 0.136. The van der Waals surface area contributed by atoms with Crippen LogP contribution >= 0.6 is 0 Å². The third kappa shape index (κ3) is 3.51. The molecule has 1 heterocycles. The molecule has 0 bridgehead atoms. The van der Waals surface area contributed by atoms with E-state index in [4.69, 9.17) is 4.74 Å². The molecule has 0 fully saturated rings. The summed E-state index contributed by atoms with van der Waals surface area (Å²) in [7, 11) is 0. The van der Waals surface area contributed by atoms with Gasteiger partial charge in [-0.15, -0.1) is 0 Å². The van der Waals surface area contributed by atoms with E-state index in [0.29, 0.717) is 12.1 Å². The maximum atomic E-state index is 14.0. The Morgan fingerprint density at radius 3 is 2.62 bits per heavy atom. The molecule has 0 aliphatic rings. The minimum Gasteiger partial charge on any atom is -0.367 e. The van der Waals surface area contributed by atoms with Gasteiger partial charge in [0.15, 0.2) is 0 Å². The first-order valence-corrected chi connectivity index (χ1v) is 8.59. The number of aromatic nitrogens is 2. The molecule has 3 aromatic carbocycles. The summed E-state index contributed by atoms with van der Waals surface area (Å²) in [6, 6.07) is 21.2. The van der Waals surface area contributed by atoms with Gasteiger partial charge in [-0.05, 0) is 22.4 Å². The van der Waals surface area contributed by atoms with E-state index < -0.39 is 0 Å². The summed E-state index contributed by atoms with van der Waals surface area (Å²) in [6.07, 6.45) is 5.21. The van der Waals surface area contributed by atoms with E-state index in [1.165, 1.54) is 6.07 Å². The SMILES string of the molecule is Fc1ccccc1COC(Cn1ccnc1)c1cccc2ccccc12. The van der Waals surface area contributed by atoms with E-state index in [-0.39, 0.29) is 18.5 Å². The maximum absolute atomic E-state index is 14.0. The minimum atomic E-state index is -0.244. The third-order valence-electron chi connectivity index (χ3n) is 4.50. The fourth-order valence-electron chi connectivity index (χ4n) is 3.16. The molecule has 0 N–H and O–H groups in total. The van der Waals surface area contributed by atoms with Gasteiger partial charge in [-0.25, -0.2) is 9.37 Å². The van der Waals surface area contributed by atoms with Crippen molar-refractivity contribution in [3.05, 3.63) is 102 Å². The molecule has 1 atom stereocenters. The highest BCUT2D eigenvalue weighted by Crippen LogP contribution is 2.29. The zero-order valence-corrected chi connectivity index (χ0v) is 14.3. The average Bonchev–Trinajstić information content (AvgIpc) is 3.19. The second kappa shape index (κ2) is 7.50. The Labute approximate surface area is 151 Å². The van der Waals surface area contributed by atoms with Gasteiger partial charge >= 0.3 is 0 Å². The molecule has 4 heteroatoms. The summed E-state index contributed by atoms with van der Waals surface area (Å²) in [5.74, 6) is -0.244. The largest absolute Gasteiger partial charge is 0.367 e. The molecule has 0 radical (unpaired) electrons. The van der Waals surface area contributed by atoms with E-state index in [9.17, 15) is 4.39 Å². The van der Waals surface area contributed by atoms with Crippen LogP contribution in [0.2, 0.25) is 0 Å². The Bertz CT molecular complexity index is 993. The first kappa shape index (κ1) is 16.5. The van der Waals surface area contributed by atoms with Crippen molar-refractivity contribution >= 4 is 10.8 Å². The number of ether oxygens (including phenoxy) is 1. The van der Waals surface area contributed by atoms with Gasteiger partial charge in [0.2, 0.25) is 0 Å². The highest BCUT2D eigenvalue weighted by Gasteiger charge is 2.17. The van der Waals surface area contributed by atoms with Crippen molar-refractivity contribution in [1.82, 2.24) is 9.55 Å². The van der Waals surface area contributed by atoms with Gasteiger partial charge in [-0.2, -0.15) is 0 Å². The fourth-order valence-corrected chi connectivity index (χ4v) is 3.16. The number of hydrogen-bond acceptors (Lipinski definition) is 2. The van der Waals surface area contributed by atoms with Crippen LogP contribution in [0.15, 0.2) is 85.5 Å². The van der Waals surface area contributed by atoms with Crippen LogP contribution in [0.1, 0.15) is 17.2 Å². The van der Waals surface area contributed by atoms with E-state index in [1.807, 2.05) is 35.0 Å². The molecule has 1 unspecified atom stereocenters. The molecule has 1 aromatic heterocycles. The van der Waals surface area contributed by atoms with Crippen LogP contribution in [0.3, 0.4) is 0 Å². The molecule has 26 heavy (non-hydrogen) atoms. The predicted molar refractivity (Wildman–Crippen MR) is 100 cm³/mol. The van der Waals surface area contributed by atoms with Gasteiger partial charge < -0.3 is 9.30 Å². The zero-order valence-electron chi connectivity index (χ0n) is 14.3.